The third-order valence-corrected chi connectivity index (χ3v) is 14.2. The van der Waals surface area contributed by atoms with Gasteiger partial charge in [0.25, 0.3) is 0 Å². The van der Waals surface area contributed by atoms with Crippen LogP contribution in [0.2, 0.25) is 0 Å². The van der Waals surface area contributed by atoms with Crippen molar-refractivity contribution in [1.82, 2.24) is 9.55 Å². The molecule has 3 heterocycles. The molecule has 0 spiro atoms. The quantitative estimate of drug-likeness (QED) is 0.149. The third-order valence-electron chi connectivity index (χ3n) is 14.2. The van der Waals surface area contributed by atoms with Crippen molar-refractivity contribution in [3.05, 3.63) is 173 Å². The smallest absolute Gasteiger partial charge is 0.135 e. The molecule has 8 rings (SSSR count). The number of nitrogens with zero attached hydrogens (tertiary/aromatic N) is 4. The van der Waals surface area contributed by atoms with Gasteiger partial charge in [0.05, 0.1) is 0 Å². The van der Waals surface area contributed by atoms with Gasteiger partial charge >= 0.3 is 0 Å². The van der Waals surface area contributed by atoms with Gasteiger partial charge < -0.3 is 19.1 Å². The van der Waals surface area contributed by atoms with Crippen LogP contribution in [-0.4, -0.2) is 9.55 Å². The Bertz CT molecular complexity index is 3130. The molecule has 0 radical (unpaired) electrons. The summed E-state index contributed by atoms with van der Waals surface area (Å²) in [5.74, 6) is 2.12. The number of fused-ring (bicyclic) bond motifs is 3. The van der Waals surface area contributed by atoms with E-state index in [0.29, 0.717) is 11.5 Å². The first kappa shape index (κ1) is 53.7. The standard InChI is InChI=1S/C65H79N4O.Pt/c1-59(2,3)43-26-29-54-53(37-43)52-28-27-50(40-55(52)69(54)56-38-44(30-31-66-56)60(4,5)6)70-51-36-46(62(10,11)12)34-49(39-51)68-41-67(57(63(13,14)15)58(68)64(16,17)18)48-33-45(61(7,8)9)32-47(35-48)65(19,20)42-24-22-21-23-25-42;/h21-38,41H,1-20H3;/q-3;. The Kier molecular flexibility index (Phi) is 13.9. The van der Waals surface area contributed by atoms with Gasteiger partial charge in [0.1, 0.15) is 5.82 Å². The Labute approximate surface area is 442 Å². The molecule has 0 bridgehead atoms. The summed E-state index contributed by atoms with van der Waals surface area (Å²) in [7, 11) is 0. The van der Waals surface area contributed by atoms with Crippen LogP contribution in [0.1, 0.15) is 172 Å². The predicted octanol–water partition coefficient (Wildman–Crippen LogP) is 17.8. The Morgan fingerprint density at radius 1 is 0.451 bits per heavy atom. The van der Waals surface area contributed by atoms with E-state index in [4.69, 9.17) is 9.72 Å². The van der Waals surface area contributed by atoms with Crippen molar-refractivity contribution in [2.24, 2.45) is 10.8 Å². The van der Waals surface area contributed by atoms with E-state index in [-0.39, 0.29) is 59.0 Å². The fourth-order valence-electron chi connectivity index (χ4n) is 9.80. The Hall–Kier alpha value is -5.12. The zero-order valence-corrected chi connectivity index (χ0v) is 48.8. The number of pyridine rings is 1. The van der Waals surface area contributed by atoms with Crippen molar-refractivity contribution < 1.29 is 25.8 Å². The van der Waals surface area contributed by atoms with E-state index in [2.05, 4.69) is 275 Å². The van der Waals surface area contributed by atoms with Crippen molar-refractivity contribution in [2.45, 2.75) is 166 Å². The first-order chi connectivity index (χ1) is 32.2. The normalized spacial score (nSPS) is 14.5. The van der Waals surface area contributed by atoms with Gasteiger partial charge in [-0.3, -0.25) is 0 Å². The number of anilines is 2. The summed E-state index contributed by atoms with van der Waals surface area (Å²) >= 11 is 0. The van der Waals surface area contributed by atoms with Crippen molar-refractivity contribution in [3.8, 4) is 17.3 Å². The number of allylic oxidation sites excluding steroid dienone is 2. The Morgan fingerprint density at radius 3 is 1.61 bits per heavy atom. The average molecular weight is 1130 g/mol. The van der Waals surface area contributed by atoms with Crippen molar-refractivity contribution in [3.63, 3.8) is 0 Å². The minimum Gasteiger partial charge on any atom is -0.509 e. The number of benzene rings is 5. The number of aromatic nitrogens is 2. The van der Waals surface area contributed by atoms with Gasteiger partial charge in [-0.25, -0.2) is 4.98 Å². The maximum absolute atomic E-state index is 7.03. The first-order valence-electron chi connectivity index (χ1n) is 25.4. The summed E-state index contributed by atoms with van der Waals surface area (Å²) in [6, 6.07) is 45.7. The van der Waals surface area contributed by atoms with E-state index in [1.54, 1.807) is 0 Å². The van der Waals surface area contributed by atoms with Crippen molar-refractivity contribution >= 4 is 33.2 Å². The molecule has 0 unspecified atom stereocenters. The molecule has 0 saturated carbocycles. The van der Waals surface area contributed by atoms with E-state index in [1.807, 2.05) is 6.20 Å². The van der Waals surface area contributed by atoms with Crippen LogP contribution in [0.3, 0.4) is 0 Å². The molecule has 5 nitrogen and oxygen atoms in total. The van der Waals surface area contributed by atoms with Crippen LogP contribution < -0.4 is 14.5 Å². The molecule has 0 fully saturated rings. The van der Waals surface area contributed by atoms with Gasteiger partial charge in [-0.15, -0.1) is 53.6 Å². The second kappa shape index (κ2) is 18.4. The molecule has 0 N–H and O–H groups in total. The molecule has 378 valence electrons. The topological polar surface area (TPSA) is 33.5 Å². The summed E-state index contributed by atoms with van der Waals surface area (Å²) in [6.07, 6.45) is 1.93. The zero-order valence-electron chi connectivity index (χ0n) is 46.5. The average Bonchev–Trinajstić information content (AvgIpc) is 3.83. The fraction of sp³-hybridized carbons (Fsp3) is 0.415. The SMILES string of the molecule is CC(C)(C)C1=C(C(C)(C)C)N(c2cc(C(C)(C)C)cc(C(C)(C)c3ccccc3)c2)[CH-]N1c1[c-]c(Oc2[c-]c3c(cc2)c2cc(C(C)(C)C)ccc2n3-c2cc(C(C)(C)C)ccn2)cc(C(C)(C)C)c1.[Pt]. The van der Waals surface area contributed by atoms with Crippen molar-refractivity contribution in [1.29, 1.82) is 0 Å². The van der Waals surface area contributed by atoms with Gasteiger partial charge in [-0.05, 0) is 85.2 Å². The molecule has 1 aliphatic heterocycles. The van der Waals surface area contributed by atoms with Gasteiger partial charge in [-0.2, -0.15) is 6.07 Å². The second-order valence-electron chi connectivity index (χ2n) is 26.6. The molecule has 0 aliphatic carbocycles. The van der Waals surface area contributed by atoms with Gasteiger partial charge in [0.2, 0.25) is 0 Å². The number of hydrogen-bond donors (Lipinski definition) is 0. The van der Waals surface area contributed by atoms with Crippen LogP contribution in [0.15, 0.2) is 121 Å². The van der Waals surface area contributed by atoms with E-state index in [0.717, 1.165) is 39.2 Å². The van der Waals surface area contributed by atoms with Crippen LogP contribution >= 0.6 is 0 Å². The molecule has 2 aromatic heterocycles. The molecule has 7 aromatic rings. The molecular weight excluding hydrogens is 1050 g/mol. The van der Waals surface area contributed by atoms with E-state index >= 15 is 0 Å². The van der Waals surface area contributed by atoms with Crippen molar-refractivity contribution in [2.75, 3.05) is 9.80 Å². The molecule has 0 amide bonds. The van der Waals surface area contributed by atoms with E-state index < -0.39 is 0 Å². The number of hydrogen-bond acceptors (Lipinski definition) is 4. The summed E-state index contributed by atoms with van der Waals surface area (Å²) < 4.78 is 9.28. The minimum atomic E-state index is -0.244. The van der Waals surface area contributed by atoms with Gasteiger partial charge in [0, 0.05) is 77.6 Å². The van der Waals surface area contributed by atoms with Crippen LogP contribution in [0.5, 0.6) is 11.5 Å². The molecule has 6 heteroatoms. The van der Waals surface area contributed by atoms with E-state index in [1.165, 1.54) is 44.6 Å². The maximum atomic E-state index is 7.03. The molecule has 71 heavy (non-hydrogen) atoms. The second-order valence-corrected chi connectivity index (χ2v) is 26.6. The maximum Gasteiger partial charge on any atom is 0.135 e. The summed E-state index contributed by atoms with van der Waals surface area (Å²) in [4.78, 5) is 9.83. The number of ether oxygens (including phenoxy) is 1. The minimum absolute atomic E-state index is 0. The summed E-state index contributed by atoms with van der Waals surface area (Å²) in [5.41, 5.74) is 13.1. The number of rotatable bonds is 7. The first-order valence-corrected chi connectivity index (χ1v) is 25.4. The molecular formula is C65H79N4OPt-3. The summed E-state index contributed by atoms with van der Waals surface area (Å²) in [6.45, 7) is 48.4. The third kappa shape index (κ3) is 10.7. The Balaban J connectivity index is 0.00000741. The van der Waals surface area contributed by atoms with Gasteiger partial charge in [-0.1, -0.05) is 193 Å². The summed E-state index contributed by atoms with van der Waals surface area (Å²) in [5, 5.41) is 2.28. The van der Waals surface area contributed by atoms with Crippen LogP contribution in [0.25, 0.3) is 27.6 Å². The monoisotopic (exact) mass is 1130 g/mol. The molecule has 0 atom stereocenters. The fourth-order valence-corrected chi connectivity index (χ4v) is 9.80. The molecule has 5 aromatic carbocycles. The Morgan fingerprint density at radius 2 is 1.01 bits per heavy atom. The largest absolute Gasteiger partial charge is 0.509 e. The molecule has 0 saturated heterocycles. The predicted molar refractivity (Wildman–Crippen MR) is 298 cm³/mol. The zero-order chi connectivity index (χ0) is 51.3. The van der Waals surface area contributed by atoms with Crippen LogP contribution in [0, 0.1) is 29.6 Å². The van der Waals surface area contributed by atoms with Crippen LogP contribution in [0.4, 0.5) is 11.4 Å². The van der Waals surface area contributed by atoms with Crippen LogP contribution in [-0.2, 0) is 48.1 Å². The molecule has 1 aliphatic rings. The van der Waals surface area contributed by atoms with E-state index in [9.17, 15) is 0 Å². The van der Waals surface area contributed by atoms with Gasteiger partial charge in [0.15, 0.2) is 0 Å².